The van der Waals surface area contributed by atoms with Crippen molar-refractivity contribution < 1.29 is 55.8 Å². The molecular formula is C20H47NaO5. The second-order valence-electron chi connectivity index (χ2n) is 5.75. The summed E-state index contributed by atoms with van der Waals surface area (Å²) in [6.45, 7) is 8.99. The Morgan fingerprint density at radius 3 is 1.19 bits per heavy atom. The fourth-order valence-electron chi connectivity index (χ4n) is 2.03. The van der Waals surface area contributed by atoms with Crippen LogP contribution in [0.4, 0.5) is 0 Å². The van der Waals surface area contributed by atoms with Crippen molar-refractivity contribution in [2.24, 2.45) is 0 Å². The second-order valence-corrected chi connectivity index (χ2v) is 5.75. The Hall–Kier alpha value is 0.800. The Morgan fingerprint density at radius 2 is 0.923 bits per heavy atom. The molecule has 0 bridgehead atoms. The number of unbranched alkanes of at least 4 members (excludes halogenated alkanes) is 9. The van der Waals surface area contributed by atoms with Crippen LogP contribution in [0.1, 0.15) is 86.4 Å². The van der Waals surface area contributed by atoms with Crippen LogP contribution in [0.15, 0.2) is 0 Å². The molecule has 6 heteroatoms. The van der Waals surface area contributed by atoms with Gasteiger partial charge in [-0.1, -0.05) is 64.7 Å². The second kappa shape index (κ2) is 40.5. The summed E-state index contributed by atoms with van der Waals surface area (Å²) in [5.74, 6) is 0. The number of rotatable bonds is 16. The average Bonchev–Trinajstić information content (AvgIpc) is 2.63. The van der Waals surface area contributed by atoms with Gasteiger partial charge >= 0.3 is 29.6 Å². The van der Waals surface area contributed by atoms with E-state index in [1.165, 1.54) is 57.8 Å². The molecule has 0 rings (SSSR count). The predicted octanol–water partition coefficient (Wildman–Crippen LogP) is 1.05. The summed E-state index contributed by atoms with van der Waals surface area (Å²) in [6, 6.07) is 0. The van der Waals surface area contributed by atoms with Gasteiger partial charge in [0.1, 0.15) is 0 Å². The Labute approximate surface area is 186 Å². The van der Waals surface area contributed by atoms with Crippen molar-refractivity contribution in [3.05, 3.63) is 0 Å². The molecule has 3 N–H and O–H groups in total. The fraction of sp³-hybridized carbons (Fsp3) is 1.00. The van der Waals surface area contributed by atoms with Gasteiger partial charge in [0, 0.05) is 19.8 Å². The van der Waals surface area contributed by atoms with Crippen LogP contribution in [0.3, 0.4) is 0 Å². The standard InChI is InChI=1S/C12H26O.C4H10O3.C4H10O.Na.H/c1-2-3-4-5-6-7-8-9-10-11-12-13;5-1-3-7-4-2-6;1-3-5-4-2;;/h13H,2-12H2,1H3;5-6H,1-4H2;3-4H2,1-2H3;;/q;;;+1;-1. The minimum Gasteiger partial charge on any atom is -1.00 e. The van der Waals surface area contributed by atoms with Gasteiger partial charge in [0.15, 0.2) is 0 Å². The minimum absolute atomic E-state index is 0. The van der Waals surface area contributed by atoms with Gasteiger partial charge in [-0.05, 0) is 20.3 Å². The van der Waals surface area contributed by atoms with Crippen molar-refractivity contribution in [1.82, 2.24) is 0 Å². The molecule has 0 saturated heterocycles. The van der Waals surface area contributed by atoms with Gasteiger partial charge in [-0.15, -0.1) is 0 Å². The molecule has 26 heavy (non-hydrogen) atoms. The molecule has 0 fully saturated rings. The third kappa shape index (κ3) is 49.8. The fourth-order valence-corrected chi connectivity index (χ4v) is 2.03. The van der Waals surface area contributed by atoms with E-state index in [2.05, 4.69) is 11.7 Å². The van der Waals surface area contributed by atoms with E-state index in [0.717, 1.165) is 19.6 Å². The molecule has 0 heterocycles. The van der Waals surface area contributed by atoms with E-state index in [0.29, 0.717) is 19.8 Å². The van der Waals surface area contributed by atoms with Crippen LogP contribution < -0.4 is 29.6 Å². The van der Waals surface area contributed by atoms with Crippen LogP contribution >= 0.6 is 0 Å². The molecule has 0 radical (unpaired) electrons. The molecule has 0 aromatic carbocycles. The van der Waals surface area contributed by atoms with E-state index in [9.17, 15) is 0 Å². The molecule has 0 saturated carbocycles. The van der Waals surface area contributed by atoms with Gasteiger partial charge in [-0.3, -0.25) is 0 Å². The third-order valence-corrected chi connectivity index (χ3v) is 3.39. The van der Waals surface area contributed by atoms with Gasteiger partial charge in [0.2, 0.25) is 0 Å². The average molecular weight is 391 g/mol. The topological polar surface area (TPSA) is 79.2 Å². The molecule has 0 aliphatic rings. The molecule has 0 aliphatic heterocycles. The summed E-state index contributed by atoms with van der Waals surface area (Å²) in [7, 11) is 0. The van der Waals surface area contributed by atoms with Crippen LogP contribution in [0.25, 0.3) is 0 Å². The Kier molecular flexibility index (Phi) is 53.4. The van der Waals surface area contributed by atoms with E-state index in [-0.39, 0.29) is 44.2 Å². The third-order valence-electron chi connectivity index (χ3n) is 3.39. The van der Waals surface area contributed by atoms with Gasteiger partial charge < -0.3 is 26.2 Å². The van der Waals surface area contributed by atoms with E-state index in [1.807, 2.05) is 13.8 Å². The Balaban J connectivity index is -0.0000000982. The van der Waals surface area contributed by atoms with Crippen molar-refractivity contribution in [2.75, 3.05) is 46.2 Å². The summed E-state index contributed by atoms with van der Waals surface area (Å²) in [6.07, 6.45) is 13.3. The van der Waals surface area contributed by atoms with Crippen LogP contribution in [-0.4, -0.2) is 61.6 Å². The number of hydrogen-bond acceptors (Lipinski definition) is 5. The summed E-state index contributed by atoms with van der Waals surface area (Å²) >= 11 is 0. The molecule has 0 aromatic rings. The molecule has 158 valence electrons. The molecule has 0 spiro atoms. The molecule has 0 unspecified atom stereocenters. The van der Waals surface area contributed by atoms with E-state index in [1.54, 1.807) is 0 Å². The number of aliphatic hydroxyl groups is 3. The zero-order valence-electron chi connectivity index (χ0n) is 19.2. The van der Waals surface area contributed by atoms with E-state index < -0.39 is 0 Å². The normalized spacial score (nSPS) is 9.46. The molecular weight excluding hydrogens is 343 g/mol. The Morgan fingerprint density at radius 1 is 0.538 bits per heavy atom. The summed E-state index contributed by atoms with van der Waals surface area (Å²) in [5, 5.41) is 24.7. The molecule has 0 amide bonds. The van der Waals surface area contributed by atoms with Crippen LogP contribution in [-0.2, 0) is 9.47 Å². The maximum atomic E-state index is 8.57. The monoisotopic (exact) mass is 390 g/mol. The largest absolute Gasteiger partial charge is 1.00 e. The van der Waals surface area contributed by atoms with E-state index >= 15 is 0 Å². The van der Waals surface area contributed by atoms with Crippen molar-refractivity contribution in [1.29, 1.82) is 0 Å². The van der Waals surface area contributed by atoms with Crippen LogP contribution in [0, 0.1) is 0 Å². The van der Waals surface area contributed by atoms with Gasteiger partial charge in [-0.2, -0.15) is 0 Å². The van der Waals surface area contributed by atoms with Gasteiger partial charge in [0.05, 0.1) is 26.4 Å². The minimum atomic E-state index is 0. The quantitative estimate of drug-likeness (QED) is 0.271. The maximum Gasteiger partial charge on any atom is 1.00 e. The summed E-state index contributed by atoms with van der Waals surface area (Å²) < 4.78 is 9.47. The first-order valence-electron chi connectivity index (χ1n) is 10.2. The van der Waals surface area contributed by atoms with Crippen molar-refractivity contribution >= 4 is 0 Å². The number of aliphatic hydroxyl groups excluding tert-OH is 3. The molecule has 0 aliphatic carbocycles. The zero-order valence-corrected chi connectivity index (χ0v) is 20.2. The molecule has 0 aromatic heterocycles. The van der Waals surface area contributed by atoms with Gasteiger partial charge in [0.25, 0.3) is 0 Å². The van der Waals surface area contributed by atoms with E-state index in [4.69, 9.17) is 20.1 Å². The Bertz CT molecular complexity index is 176. The first-order valence-corrected chi connectivity index (χ1v) is 10.2. The van der Waals surface area contributed by atoms with Crippen molar-refractivity contribution in [3.63, 3.8) is 0 Å². The zero-order chi connectivity index (χ0) is 19.4. The van der Waals surface area contributed by atoms with Crippen LogP contribution in [0.5, 0.6) is 0 Å². The first kappa shape index (κ1) is 34.3. The number of hydrogen-bond donors (Lipinski definition) is 3. The maximum absolute atomic E-state index is 8.57. The molecule has 5 nitrogen and oxygen atoms in total. The van der Waals surface area contributed by atoms with Gasteiger partial charge in [-0.25, -0.2) is 0 Å². The first-order chi connectivity index (χ1) is 12.2. The van der Waals surface area contributed by atoms with Crippen molar-refractivity contribution in [2.45, 2.75) is 85.0 Å². The van der Waals surface area contributed by atoms with Crippen LogP contribution in [0.2, 0.25) is 0 Å². The summed E-state index contributed by atoms with van der Waals surface area (Å²) in [4.78, 5) is 0. The number of ether oxygens (including phenoxy) is 2. The predicted molar refractivity (Wildman–Crippen MR) is 107 cm³/mol. The SMILES string of the molecule is CCCCCCCCCCCCO.CCOCC.OCCOCCO.[H-].[Na+]. The van der Waals surface area contributed by atoms with Crippen molar-refractivity contribution in [3.8, 4) is 0 Å². The molecule has 0 atom stereocenters. The summed E-state index contributed by atoms with van der Waals surface area (Å²) in [5.41, 5.74) is 0. The smallest absolute Gasteiger partial charge is 1.00 e.